The smallest absolute Gasteiger partial charge is 0.407 e. The van der Waals surface area contributed by atoms with Crippen molar-refractivity contribution in [1.29, 1.82) is 0 Å². The molecule has 0 fully saturated rings. The Morgan fingerprint density at radius 1 is 1.17 bits per heavy atom. The Morgan fingerprint density at radius 3 is 2.42 bits per heavy atom. The van der Waals surface area contributed by atoms with Crippen LogP contribution in [0.25, 0.3) is 0 Å². The van der Waals surface area contributed by atoms with E-state index in [-0.39, 0.29) is 6.61 Å². The molecule has 0 unspecified atom stereocenters. The van der Waals surface area contributed by atoms with Gasteiger partial charge >= 0.3 is 18.0 Å². The Balaban J connectivity index is 2.34. The highest BCUT2D eigenvalue weighted by molar-refractivity contribution is 5.89. The lowest BCUT2D eigenvalue weighted by molar-refractivity contribution is -0.148. The number of nitrogens with one attached hydrogen (secondary N) is 2. The van der Waals surface area contributed by atoms with Crippen molar-refractivity contribution >= 4 is 23.9 Å². The first-order chi connectivity index (χ1) is 11.4. The van der Waals surface area contributed by atoms with Gasteiger partial charge in [-0.3, -0.25) is 9.59 Å². The third-order valence-electron chi connectivity index (χ3n) is 2.84. The van der Waals surface area contributed by atoms with Gasteiger partial charge in [0.25, 0.3) is 0 Å². The third-order valence-corrected chi connectivity index (χ3v) is 2.84. The molecule has 130 valence electrons. The molecule has 1 atom stereocenters. The fourth-order valence-corrected chi connectivity index (χ4v) is 1.62. The Labute approximate surface area is 137 Å². The lowest BCUT2D eigenvalue weighted by Gasteiger charge is -2.13. The fourth-order valence-electron chi connectivity index (χ4n) is 1.62. The lowest BCUT2D eigenvalue weighted by Crippen LogP contribution is -2.46. The van der Waals surface area contributed by atoms with Crippen LogP contribution in [0.4, 0.5) is 4.79 Å². The largest absolute Gasteiger partial charge is 0.480 e. The number of hydrogen-bond acceptors (Lipinski definition) is 6. The zero-order valence-electron chi connectivity index (χ0n) is 13.0. The fraction of sp³-hybridized carbons (Fsp3) is 0.333. The van der Waals surface area contributed by atoms with Gasteiger partial charge in [-0.15, -0.1) is 0 Å². The molecule has 0 radical (unpaired) electrons. The van der Waals surface area contributed by atoms with Crippen LogP contribution >= 0.6 is 0 Å². The van der Waals surface area contributed by atoms with E-state index in [1.807, 2.05) is 6.07 Å². The minimum absolute atomic E-state index is 0.0361. The number of hydrogen-bond donors (Lipinski definition) is 3. The quantitative estimate of drug-likeness (QED) is 0.571. The van der Waals surface area contributed by atoms with E-state index < -0.39 is 42.9 Å². The average molecular weight is 338 g/mol. The summed E-state index contributed by atoms with van der Waals surface area (Å²) in [5.74, 6) is -2.94. The molecule has 3 N–H and O–H groups in total. The van der Waals surface area contributed by atoms with Crippen molar-refractivity contribution in [2.45, 2.75) is 19.1 Å². The number of alkyl carbamates (subject to hydrolysis) is 1. The number of carbonyl (C=O) groups excluding carboxylic acids is 3. The first-order valence-electron chi connectivity index (χ1n) is 6.96. The van der Waals surface area contributed by atoms with E-state index in [9.17, 15) is 19.2 Å². The van der Waals surface area contributed by atoms with Crippen molar-refractivity contribution in [2.75, 3.05) is 13.7 Å². The van der Waals surface area contributed by atoms with Crippen molar-refractivity contribution < 1.29 is 33.8 Å². The summed E-state index contributed by atoms with van der Waals surface area (Å²) in [4.78, 5) is 45.1. The zero-order valence-corrected chi connectivity index (χ0v) is 13.0. The number of aliphatic carboxylic acids is 1. The molecule has 9 nitrogen and oxygen atoms in total. The van der Waals surface area contributed by atoms with Crippen LogP contribution < -0.4 is 10.6 Å². The van der Waals surface area contributed by atoms with Gasteiger partial charge in [0.2, 0.25) is 5.91 Å². The maximum atomic E-state index is 11.6. The second-order valence-electron chi connectivity index (χ2n) is 4.65. The van der Waals surface area contributed by atoms with Crippen molar-refractivity contribution in [3.8, 4) is 0 Å². The summed E-state index contributed by atoms with van der Waals surface area (Å²) >= 11 is 0. The first-order valence-corrected chi connectivity index (χ1v) is 6.96. The number of esters is 1. The second-order valence-corrected chi connectivity index (χ2v) is 4.65. The van der Waals surface area contributed by atoms with Gasteiger partial charge in [0.15, 0.2) is 0 Å². The summed E-state index contributed by atoms with van der Waals surface area (Å²) in [6.07, 6.45) is -1.34. The van der Waals surface area contributed by atoms with Gasteiger partial charge in [0, 0.05) is 0 Å². The third kappa shape index (κ3) is 7.25. The molecule has 1 aromatic rings. The van der Waals surface area contributed by atoms with E-state index in [1.165, 1.54) is 0 Å². The lowest BCUT2D eigenvalue weighted by atomic mass is 10.2. The topological polar surface area (TPSA) is 131 Å². The van der Waals surface area contributed by atoms with E-state index in [0.29, 0.717) is 0 Å². The molecule has 0 saturated carbocycles. The first kappa shape index (κ1) is 18.9. The Bertz CT molecular complexity index is 589. The van der Waals surface area contributed by atoms with Crippen LogP contribution in [0.2, 0.25) is 0 Å². The van der Waals surface area contributed by atoms with Gasteiger partial charge in [-0.2, -0.15) is 0 Å². The van der Waals surface area contributed by atoms with Crippen molar-refractivity contribution in [3.05, 3.63) is 35.9 Å². The Morgan fingerprint density at radius 2 is 1.83 bits per heavy atom. The normalized spacial score (nSPS) is 11.0. The van der Waals surface area contributed by atoms with Gasteiger partial charge in [0.05, 0.1) is 13.5 Å². The SMILES string of the molecule is COC(=O)C[C@H](NC(=O)CNC(=O)OCc1ccccc1)C(=O)O. The number of benzene rings is 1. The summed E-state index contributed by atoms with van der Waals surface area (Å²) in [7, 11) is 1.10. The van der Waals surface area contributed by atoms with Crippen LogP contribution in [-0.4, -0.2) is 48.7 Å². The molecule has 0 aromatic heterocycles. The molecule has 1 aromatic carbocycles. The number of rotatable bonds is 8. The van der Waals surface area contributed by atoms with E-state index in [0.717, 1.165) is 12.7 Å². The minimum atomic E-state index is -1.44. The van der Waals surface area contributed by atoms with Crippen molar-refractivity contribution in [2.24, 2.45) is 0 Å². The minimum Gasteiger partial charge on any atom is -0.480 e. The molecule has 0 spiro atoms. The molecule has 0 heterocycles. The molecule has 0 saturated heterocycles. The number of carbonyl (C=O) groups is 4. The molecular weight excluding hydrogens is 320 g/mol. The summed E-state index contributed by atoms with van der Waals surface area (Å²) < 4.78 is 9.23. The number of carboxylic acids is 1. The van der Waals surface area contributed by atoms with Crippen LogP contribution in [0.5, 0.6) is 0 Å². The van der Waals surface area contributed by atoms with Gasteiger partial charge < -0.3 is 25.2 Å². The summed E-state index contributed by atoms with van der Waals surface area (Å²) in [6, 6.07) is 7.50. The Kier molecular flexibility index (Phi) is 7.76. The molecular formula is C15H18N2O7. The van der Waals surface area contributed by atoms with Gasteiger partial charge in [0.1, 0.15) is 19.2 Å². The number of carboxylic acid groups (broad SMARTS) is 1. The van der Waals surface area contributed by atoms with Crippen LogP contribution in [0.1, 0.15) is 12.0 Å². The molecule has 2 amide bonds. The number of ether oxygens (including phenoxy) is 2. The van der Waals surface area contributed by atoms with E-state index in [2.05, 4.69) is 15.4 Å². The van der Waals surface area contributed by atoms with E-state index in [4.69, 9.17) is 9.84 Å². The zero-order chi connectivity index (χ0) is 17.9. The average Bonchev–Trinajstić information content (AvgIpc) is 2.58. The van der Waals surface area contributed by atoms with Crippen LogP contribution in [-0.2, 0) is 30.5 Å². The Hall–Kier alpha value is -3.10. The maximum Gasteiger partial charge on any atom is 0.407 e. The van der Waals surface area contributed by atoms with Gasteiger partial charge in [-0.25, -0.2) is 9.59 Å². The predicted molar refractivity (Wildman–Crippen MR) is 80.8 cm³/mol. The van der Waals surface area contributed by atoms with Crippen LogP contribution in [0.3, 0.4) is 0 Å². The van der Waals surface area contributed by atoms with Crippen LogP contribution in [0, 0.1) is 0 Å². The van der Waals surface area contributed by atoms with Gasteiger partial charge in [-0.1, -0.05) is 30.3 Å². The standard InChI is InChI=1S/C15H18N2O7/c1-23-13(19)7-11(14(20)21)17-12(18)8-16-15(22)24-9-10-5-3-2-4-6-10/h2-6,11H,7-9H2,1H3,(H,16,22)(H,17,18)(H,20,21)/t11-/m0/s1. The molecule has 9 heteroatoms. The number of amides is 2. The second kappa shape index (κ2) is 9.82. The highest BCUT2D eigenvalue weighted by Crippen LogP contribution is 2.00. The molecule has 0 aliphatic heterocycles. The highest BCUT2D eigenvalue weighted by Gasteiger charge is 2.23. The van der Waals surface area contributed by atoms with Crippen molar-refractivity contribution in [1.82, 2.24) is 10.6 Å². The maximum absolute atomic E-state index is 11.6. The van der Waals surface area contributed by atoms with Crippen LogP contribution in [0.15, 0.2) is 30.3 Å². The number of methoxy groups -OCH3 is 1. The molecule has 24 heavy (non-hydrogen) atoms. The molecule has 1 rings (SSSR count). The molecule has 0 aliphatic rings. The monoisotopic (exact) mass is 338 g/mol. The summed E-state index contributed by atoms with van der Waals surface area (Å²) in [5, 5.41) is 13.2. The van der Waals surface area contributed by atoms with E-state index >= 15 is 0 Å². The summed E-state index contributed by atoms with van der Waals surface area (Å²) in [5.41, 5.74) is 0.779. The van der Waals surface area contributed by atoms with Crippen molar-refractivity contribution in [3.63, 3.8) is 0 Å². The molecule has 0 bridgehead atoms. The molecule has 0 aliphatic carbocycles. The van der Waals surface area contributed by atoms with Gasteiger partial charge in [-0.05, 0) is 5.56 Å². The summed E-state index contributed by atoms with van der Waals surface area (Å²) in [6.45, 7) is -0.451. The highest BCUT2D eigenvalue weighted by atomic mass is 16.5. The predicted octanol–water partition coefficient (Wildman–Crippen LogP) is 0.0453. The van der Waals surface area contributed by atoms with E-state index in [1.54, 1.807) is 24.3 Å².